The van der Waals surface area contributed by atoms with Crippen LogP contribution >= 0.6 is 35.0 Å². The standard InChI is InChI=1S/C24H27F3IN3O3.ClH/c1-13(29-15-3-5-16(32)6-4-15)24(34)11-31(12-24)23(33)17-7-8-18(25)21(27)22(17)30-20-9-2-14(28)10-19(20)26;/h2,7-10,13,15-16,29-30,32,34H,3-6,11-12H2,1H3;1H/t13?,15-,16-;. The van der Waals surface area contributed by atoms with E-state index in [-0.39, 0.29) is 54.9 Å². The third-order valence-electron chi connectivity index (χ3n) is 6.72. The maximum Gasteiger partial charge on any atom is 0.256 e. The zero-order valence-electron chi connectivity index (χ0n) is 19.0. The number of β-amino-alcohol motifs (C(OH)–C–C–N with tert-alkyl or cyclic N) is 1. The van der Waals surface area contributed by atoms with Gasteiger partial charge in [-0.1, -0.05) is 0 Å². The van der Waals surface area contributed by atoms with E-state index in [1.165, 1.54) is 17.0 Å². The quantitative estimate of drug-likeness (QED) is 0.359. The summed E-state index contributed by atoms with van der Waals surface area (Å²) >= 11 is 1.93. The highest BCUT2D eigenvalue weighted by atomic mass is 127. The Morgan fingerprint density at radius 1 is 1.11 bits per heavy atom. The minimum Gasteiger partial charge on any atom is -0.393 e. The van der Waals surface area contributed by atoms with Crippen LogP contribution in [0, 0.1) is 21.0 Å². The predicted octanol–water partition coefficient (Wildman–Crippen LogP) is 4.34. The zero-order valence-corrected chi connectivity index (χ0v) is 22.0. The summed E-state index contributed by atoms with van der Waals surface area (Å²) in [6.07, 6.45) is 2.76. The number of hydrogen-bond donors (Lipinski definition) is 4. The molecule has 1 atom stereocenters. The Morgan fingerprint density at radius 3 is 2.40 bits per heavy atom. The fraction of sp³-hybridized carbons (Fsp3) is 0.458. The van der Waals surface area contributed by atoms with Gasteiger partial charge in [-0.05, 0) is 85.5 Å². The van der Waals surface area contributed by atoms with Crippen LogP contribution in [0.5, 0.6) is 0 Å². The highest BCUT2D eigenvalue weighted by Crippen LogP contribution is 2.33. The second-order valence-corrected chi connectivity index (χ2v) is 10.4. The first-order valence-corrected chi connectivity index (χ1v) is 12.3. The van der Waals surface area contributed by atoms with Gasteiger partial charge in [0, 0.05) is 15.7 Å². The molecule has 1 heterocycles. The van der Waals surface area contributed by atoms with Gasteiger partial charge in [0.2, 0.25) is 0 Å². The van der Waals surface area contributed by atoms with E-state index in [1.54, 1.807) is 6.07 Å². The van der Waals surface area contributed by atoms with Gasteiger partial charge in [0.05, 0.1) is 36.1 Å². The number of nitrogens with zero attached hydrogens (tertiary/aromatic N) is 1. The Bertz CT molecular complexity index is 1080. The van der Waals surface area contributed by atoms with Crippen LogP contribution in [0.2, 0.25) is 0 Å². The van der Waals surface area contributed by atoms with Crippen molar-refractivity contribution in [3.8, 4) is 0 Å². The molecule has 1 aliphatic heterocycles. The van der Waals surface area contributed by atoms with Crippen LogP contribution in [-0.4, -0.2) is 57.9 Å². The first kappa shape index (κ1) is 28.0. The Kier molecular flexibility index (Phi) is 8.96. The Morgan fingerprint density at radius 2 is 1.77 bits per heavy atom. The summed E-state index contributed by atoms with van der Waals surface area (Å²) in [5.41, 5.74) is -1.86. The normalized spacial score (nSPS) is 22.1. The van der Waals surface area contributed by atoms with Crippen molar-refractivity contribution in [3.05, 3.63) is 56.9 Å². The van der Waals surface area contributed by atoms with Crippen molar-refractivity contribution in [2.45, 2.75) is 56.4 Å². The van der Waals surface area contributed by atoms with Crippen molar-refractivity contribution >= 4 is 52.3 Å². The van der Waals surface area contributed by atoms with Gasteiger partial charge in [-0.2, -0.15) is 0 Å². The van der Waals surface area contributed by atoms with E-state index >= 15 is 0 Å². The zero-order chi connectivity index (χ0) is 24.6. The predicted molar refractivity (Wildman–Crippen MR) is 138 cm³/mol. The molecule has 1 saturated heterocycles. The summed E-state index contributed by atoms with van der Waals surface area (Å²) in [7, 11) is 0. The van der Waals surface area contributed by atoms with E-state index in [0.717, 1.165) is 25.0 Å². The number of anilines is 2. The average molecular weight is 626 g/mol. The maximum absolute atomic E-state index is 14.7. The number of carbonyl (C=O) groups is 1. The number of carbonyl (C=O) groups excluding carboxylic acids is 1. The minimum atomic E-state index is -1.28. The molecule has 6 nitrogen and oxygen atoms in total. The number of hydrogen-bond acceptors (Lipinski definition) is 5. The number of benzene rings is 2. The molecule has 0 spiro atoms. The average Bonchev–Trinajstić information content (AvgIpc) is 2.77. The molecule has 0 radical (unpaired) electrons. The minimum absolute atomic E-state index is 0. The monoisotopic (exact) mass is 625 g/mol. The molecule has 2 aromatic rings. The second-order valence-electron chi connectivity index (χ2n) is 9.19. The van der Waals surface area contributed by atoms with Crippen molar-refractivity contribution in [1.29, 1.82) is 0 Å². The molecule has 11 heteroatoms. The molecule has 2 fully saturated rings. The lowest BCUT2D eigenvalue weighted by Gasteiger charge is -2.50. The van der Waals surface area contributed by atoms with Gasteiger partial charge in [-0.25, -0.2) is 13.2 Å². The summed E-state index contributed by atoms with van der Waals surface area (Å²) in [4.78, 5) is 14.5. The van der Waals surface area contributed by atoms with E-state index in [1.807, 2.05) is 29.5 Å². The lowest BCUT2D eigenvalue weighted by Crippen LogP contribution is -2.71. The molecule has 1 aliphatic carbocycles. The molecule has 4 rings (SSSR count). The number of likely N-dealkylation sites (tertiary alicyclic amines) is 1. The first-order valence-electron chi connectivity index (χ1n) is 11.2. The van der Waals surface area contributed by atoms with Crippen LogP contribution in [0.15, 0.2) is 30.3 Å². The lowest BCUT2D eigenvalue weighted by molar-refractivity contribution is -0.103. The molecule has 192 valence electrons. The van der Waals surface area contributed by atoms with Gasteiger partial charge >= 0.3 is 0 Å². The van der Waals surface area contributed by atoms with Crippen molar-refractivity contribution in [2.24, 2.45) is 0 Å². The summed E-state index contributed by atoms with van der Waals surface area (Å²) in [6.45, 7) is 1.88. The van der Waals surface area contributed by atoms with Gasteiger partial charge in [-0.15, -0.1) is 12.4 Å². The van der Waals surface area contributed by atoms with Gasteiger partial charge < -0.3 is 25.7 Å². The van der Waals surface area contributed by atoms with Crippen LogP contribution in [0.4, 0.5) is 24.5 Å². The maximum atomic E-state index is 14.7. The van der Waals surface area contributed by atoms with Crippen LogP contribution in [-0.2, 0) is 0 Å². The molecule has 2 aromatic carbocycles. The number of amides is 1. The van der Waals surface area contributed by atoms with Gasteiger partial charge in [-0.3, -0.25) is 4.79 Å². The van der Waals surface area contributed by atoms with Crippen LogP contribution in [0.3, 0.4) is 0 Å². The van der Waals surface area contributed by atoms with Gasteiger partial charge in [0.1, 0.15) is 11.4 Å². The number of rotatable bonds is 6. The topological polar surface area (TPSA) is 84.8 Å². The highest BCUT2D eigenvalue weighted by Gasteiger charge is 2.48. The molecule has 1 saturated carbocycles. The second kappa shape index (κ2) is 11.2. The van der Waals surface area contributed by atoms with Crippen LogP contribution in [0.1, 0.15) is 43.0 Å². The molecular formula is C24H28ClF3IN3O3. The van der Waals surface area contributed by atoms with Gasteiger partial charge in [0.25, 0.3) is 5.91 Å². The molecule has 35 heavy (non-hydrogen) atoms. The Balaban J connectivity index is 0.00000342. The Labute approximate surface area is 221 Å². The molecule has 1 unspecified atom stereocenters. The van der Waals surface area contributed by atoms with E-state index in [9.17, 15) is 28.2 Å². The van der Waals surface area contributed by atoms with E-state index in [4.69, 9.17) is 0 Å². The number of aliphatic hydroxyl groups is 2. The third-order valence-corrected chi connectivity index (χ3v) is 7.39. The van der Waals surface area contributed by atoms with Crippen molar-refractivity contribution in [3.63, 3.8) is 0 Å². The summed E-state index contributed by atoms with van der Waals surface area (Å²) in [5.74, 6) is -3.71. The number of aliphatic hydroxyl groups excluding tert-OH is 1. The fourth-order valence-corrected chi connectivity index (χ4v) is 4.98. The molecule has 1 amide bonds. The van der Waals surface area contributed by atoms with Crippen molar-refractivity contribution in [1.82, 2.24) is 10.2 Å². The molecule has 4 N–H and O–H groups in total. The molecule has 2 aliphatic rings. The lowest BCUT2D eigenvalue weighted by atomic mass is 9.84. The fourth-order valence-electron chi connectivity index (χ4n) is 4.53. The van der Waals surface area contributed by atoms with E-state index < -0.39 is 34.6 Å². The Hall–Kier alpha value is -1.60. The smallest absolute Gasteiger partial charge is 0.256 e. The number of nitrogens with one attached hydrogen (secondary N) is 2. The molecule has 0 bridgehead atoms. The van der Waals surface area contributed by atoms with E-state index in [2.05, 4.69) is 10.6 Å². The summed E-state index contributed by atoms with van der Waals surface area (Å²) in [6, 6.07) is 6.10. The molecule has 0 aromatic heterocycles. The van der Waals surface area contributed by atoms with Crippen molar-refractivity contribution < 1.29 is 28.2 Å². The summed E-state index contributed by atoms with van der Waals surface area (Å²) < 4.78 is 43.6. The third kappa shape index (κ3) is 6.04. The molecular weight excluding hydrogens is 598 g/mol. The first-order chi connectivity index (χ1) is 16.1. The highest BCUT2D eigenvalue weighted by molar-refractivity contribution is 14.1. The SMILES string of the molecule is CC(N[C@H]1CC[C@H](O)CC1)C1(O)CN(C(=O)c2ccc(F)c(F)c2Nc2ccc(I)cc2F)C1.Cl. The van der Waals surface area contributed by atoms with Gasteiger partial charge in [0.15, 0.2) is 11.6 Å². The summed E-state index contributed by atoms with van der Waals surface area (Å²) in [5, 5.41) is 26.6. The van der Waals surface area contributed by atoms with Crippen LogP contribution < -0.4 is 10.6 Å². The largest absolute Gasteiger partial charge is 0.393 e. The van der Waals surface area contributed by atoms with E-state index in [0.29, 0.717) is 16.4 Å². The number of halogens is 5. The van der Waals surface area contributed by atoms with Crippen molar-refractivity contribution in [2.75, 3.05) is 18.4 Å². The van der Waals surface area contributed by atoms with Crippen LogP contribution in [0.25, 0.3) is 0 Å².